The molecule has 1 aliphatic heterocycles. The molecule has 0 radical (unpaired) electrons. The fourth-order valence-corrected chi connectivity index (χ4v) is 6.23. The zero-order valence-electron chi connectivity index (χ0n) is 23.0. The fourth-order valence-electron chi connectivity index (χ4n) is 4.58. The summed E-state index contributed by atoms with van der Waals surface area (Å²) >= 11 is 3.46. The first-order chi connectivity index (χ1) is 19.8. The highest BCUT2D eigenvalue weighted by Crippen LogP contribution is 2.43. The van der Waals surface area contributed by atoms with Gasteiger partial charge in [-0.2, -0.15) is 0 Å². The smallest absolute Gasteiger partial charge is 0.252 e. The van der Waals surface area contributed by atoms with Crippen LogP contribution in [-0.2, 0) is 19.4 Å². The summed E-state index contributed by atoms with van der Waals surface area (Å²) in [6.07, 6.45) is 1.27. The van der Waals surface area contributed by atoms with Crippen LogP contribution >= 0.6 is 15.9 Å². The molecule has 1 amide bonds. The van der Waals surface area contributed by atoms with E-state index in [4.69, 9.17) is 19.6 Å². The van der Waals surface area contributed by atoms with Crippen molar-refractivity contribution in [2.24, 2.45) is 4.99 Å². The molecule has 1 aliphatic rings. The Morgan fingerprint density at radius 2 is 1.76 bits per heavy atom. The lowest BCUT2D eigenvalue weighted by Gasteiger charge is -2.30. The molecule has 1 heterocycles. The lowest BCUT2D eigenvalue weighted by atomic mass is 9.85. The number of ether oxygens (including phenoxy) is 2. The Morgan fingerprint density at radius 1 is 1.05 bits per heavy atom. The number of benzene rings is 3. The first-order valence-corrected chi connectivity index (χ1v) is 16.2. The monoisotopic (exact) mass is 642 g/mol. The van der Waals surface area contributed by atoms with Gasteiger partial charge in [0.15, 0.2) is 21.5 Å². The third kappa shape index (κ3) is 7.55. The molecule has 8 nitrogen and oxygen atoms in total. The number of nitrogens with zero attached hydrogens (tertiary/aromatic N) is 1. The van der Waals surface area contributed by atoms with E-state index in [1.54, 1.807) is 54.6 Å². The second-order valence-electron chi connectivity index (χ2n) is 9.83. The average Bonchev–Trinajstić information content (AvgIpc) is 3.38. The number of rotatable bonds is 14. The van der Waals surface area contributed by atoms with Crippen molar-refractivity contribution in [1.82, 2.24) is 5.32 Å². The summed E-state index contributed by atoms with van der Waals surface area (Å²) in [5.41, 5.74) is -0.177. The molecule has 0 bridgehead atoms. The summed E-state index contributed by atoms with van der Waals surface area (Å²) in [7, 11) is -3.70. The van der Waals surface area contributed by atoms with Gasteiger partial charge in [-0.15, -0.1) is 0 Å². The molecule has 4 rings (SSSR count). The standard InChI is InChI=1S/C31H35BrN2O6S/c1-2-3-19-33-30(36)31(18-22-41(37,38)27-8-5-4-6-9-27)28(23-10-14-25(32)15-11-23)40-29(34-31)24-12-16-26(17-13-24)39-21-7-20-35/h4-6,8-17,28,35H,2-3,7,18-22H2,1H3,(H,33,36)/t28-,31-/m1/s1. The van der Waals surface area contributed by atoms with E-state index in [2.05, 4.69) is 21.2 Å². The van der Waals surface area contributed by atoms with E-state index >= 15 is 0 Å². The number of carbonyl (C=O) groups is 1. The van der Waals surface area contributed by atoms with Crippen LogP contribution in [0.1, 0.15) is 49.8 Å². The summed E-state index contributed by atoms with van der Waals surface area (Å²) in [6, 6.07) is 22.8. The van der Waals surface area contributed by atoms with Crippen LogP contribution in [0.3, 0.4) is 0 Å². The van der Waals surface area contributed by atoms with Crippen LogP contribution in [0.15, 0.2) is 93.2 Å². The Bertz CT molecular complexity index is 1430. The van der Waals surface area contributed by atoms with Crippen molar-refractivity contribution in [3.8, 4) is 5.75 Å². The van der Waals surface area contributed by atoms with Gasteiger partial charge < -0.3 is 19.9 Å². The van der Waals surface area contributed by atoms with E-state index in [9.17, 15) is 13.2 Å². The number of unbranched alkanes of at least 4 members (excludes halogenated alkanes) is 1. The largest absolute Gasteiger partial charge is 0.494 e. The molecule has 2 atom stereocenters. The zero-order chi connectivity index (χ0) is 29.3. The molecule has 0 fully saturated rings. The van der Waals surface area contributed by atoms with Gasteiger partial charge >= 0.3 is 0 Å². The molecule has 0 aliphatic carbocycles. The summed E-state index contributed by atoms with van der Waals surface area (Å²) < 4.78 is 39.6. The van der Waals surface area contributed by atoms with Crippen LogP contribution in [0.4, 0.5) is 0 Å². The SMILES string of the molecule is CCCCNC(=O)[C@]1(CCS(=O)(=O)c2ccccc2)N=C(c2ccc(OCCCO)cc2)O[C@@H]1c1ccc(Br)cc1. The lowest BCUT2D eigenvalue weighted by Crippen LogP contribution is -2.49. The Balaban J connectivity index is 1.74. The quantitative estimate of drug-likeness (QED) is 0.232. The normalized spacial score (nSPS) is 18.4. The molecule has 3 aromatic carbocycles. The van der Waals surface area contributed by atoms with Gasteiger partial charge in [-0.1, -0.05) is 59.6 Å². The molecule has 2 N–H and O–H groups in total. The van der Waals surface area contributed by atoms with Crippen molar-refractivity contribution in [2.75, 3.05) is 25.5 Å². The van der Waals surface area contributed by atoms with Gasteiger partial charge in [0, 0.05) is 36.0 Å². The first-order valence-electron chi connectivity index (χ1n) is 13.7. The van der Waals surface area contributed by atoms with Crippen molar-refractivity contribution < 1.29 is 27.8 Å². The number of hydrogen-bond donors (Lipinski definition) is 2. The molecular weight excluding hydrogens is 608 g/mol. The van der Waals surface area contributed by atoms with Gasteiger partial charge in [-0.05, 0) is 60.5 Å². The van der Waals surface area contributed by atoms with Crippen LogP contribution in [0, 0.1) is 0 Å². The summed E-state index contributed by atoms with van der Waals surface area (Å²) in [4.78, 5) is 19.1. The van der Waals surface area contributed by atoms with Crippen molar-refractivity contribution in [2.45, 2.75) is 49.1 Å². The molecule has 0 saturated heterocycles. The second-order valence-corrected chi connectivity index (χ2v) is 12.9. The lowest BCUT2D eigenvalue weighted by molar-refractivity contribution is -0.129. The molecule has 218 valence electrons. The second kappa shape index (κ2) is 14.1. The number of halogens is 1. The molecule has 0 aromatic heterocycles. The third-order valence-electron chi connectivity index (χ3n) is 6.87. The predicted octanol–water partition coefficient (Wildman–Crippen LogP) is 5.25. The van der Waals surface area contributed by atoms with Crippen LogP contribution in [0.5, 0.6) is 5.75 Å². The molecule has 0 unspecified atom stereocenters. The van der Waals surface area contributed by atoms with Crippen LogP contribution in [0.2, 0.25) is 0 Å². The van der Waals surface area contributed by atoms with Crippen LogP contribution in [0.25, 0.3) is 0 Å². The van der Waals surface area contributed by atoms with E-state index in [-0.39, 0.29) is 35.5 Å². The highest BCUT2D eigenvalue weighted by molar-refractivity contribution is 9.10. The molecule has 10 heteroatoms. The van der Waals surface area contributed by atoms with Gasteiger partial charge in [0.25, 0.3) is 5.91 Å². The third-order valence-corrected chi connectivity index (χ3v) is 9.13. The number of aliphatic imine (C=N–C) groups is 1. The van der Waals surface area contributed by atoms with Crippen molar-refractivity contribution >= 4 is 37.6 Å². The molecule has 0 spiro atoms. The predicted molar refractivity (Wildman–Crippen MR) is 162 cm³/mol. The Morgan fingerprint density at radius 3 is 2.41 bits per heavy atom. The van der Waals surface area contributed by atoms with Crippen molar-refractivity contribution in [1.29, 1.82) is 0 Å². The van der Waals surface area contributed by atoms with Crippen molar-refractivity contribution in [3.63, 3.8) is 0 Å². The Hall–Kier alpha value is -3.21. The summed E-state index contributed by atoms with van der Waals surface area (Å²) in [6.45, 7) is 2.91. The molecule has 3 aromatic rings. The van der Waals surface area contributed by atoms with E-state index < -0.39 is 21.5 Å². The number of aliphatic hydroxyl groups excluding tert-OH is 1. The summed E-state index contributed by atoms with van der Waals surface area (Å²) in [5, 5.41) is 12.0. The fraction of sp³-hybridized carbons (Fsp3) is 0.355. The van der Waals surface area contributed by atoms with Gasteiger partial charge in [-0.25, -0.2) is 13.4 Å². The molecular formula is C31H35BrN2O6S. The average molecular weight is 644 g/mol. The Labute approximate surface area is 249 Å². The maximum Gasteiger partial charge on any atom is 0.252 e. The minimum atomic E-state index is -3.70. The van der Waals surface area contributed by atoms with Gasteiger partial charge in [0.2, 0.25) is 5.90 Å². The van der Waals surface area contributed by atoms with E-state index in [1.165, 1.54) is 0 Å². The van der Waals surface area contributed by atoms with E-state index in [0.29, 0.717) is 36.4 Å². The zero-order valence-corrected chi connectivity index (χ0v) is 25.4. The highest BCUT2D eigenvalue weighted by atomic mass is 79.9. The maximum atomic E-state index is 14.0. The first kappa shape index (κ1) is 30.7. The van der Waals surface area contributed by atoms with Gasteiger partial charge in [0.1, 0.15) is 5.75 Å². The molecule has 41 heavy (non-hydrogen) atoms. The number of hydrogen-bond acceptors (Lipinski definition) is 7. The highest BCUT2D eigenvalue weighted by Gasteiger charge is 2.53. The number of amides is 1. The number of sulfone groups is 1. The van der Waals surface area contributed by atoms with Crippen LogP contribution in [-0.4, -0.2) is 56.4 Å². The van der Waals surface area contributed by atoms with E-state index in [1.807, 2.05) is 31.2 Å². The minimum Gasteiger partial charge on any atom is -0.494 e. The van der Waals surface area contributed by atoms with E-state index in [0.717, 1.165) is 17.3 Å². The number of carbonyl (C=O) groups excluding carboxylic acids is 1. The van der Waals surface area contributed by atoms with Gasteiger partial charge in [0.05, 0.1) is 17.3 Å². The number of aliphatic hydroxyl groups is 1. The number of nitrogens with one attached hydrogen (secondary N) is 1. The Kier molecular flexibility index (Phi) is 10.6. The van der Waals surface area contributed by atoms with Gasteiger partial charge in [-0.3, -0.25) is 4.79 Å². The topological polar surface area (TPSA) is 114 Å². The maximum absolute atomic E-state index is 14.0. The van der Waals surface area contributed by atoms with Crippen molar-refractivity contribution in [3.05, 3.63) is 94.5 Å². The minimum absolute atomic E-state index is 0.0442. The summed E-state index contributed by atoms with van der Waals surface area (Å²) in [5.74, 6) is 0.217. The van der Waals surface area contributed by atoms with Crippen LogP contribution < -0.4 is 10.1 Å². The molecule has 0 saturated carbocycles.